The topological polar surface area (TPSA) is 52.5 Å². The van der Waals surface area contributed by atoms with Gasteiger partial charge in [-0.15, -0.1) is 0 Å². The predicted octanol–water partition coefficient (Wildman–Crippen LogP) is 2.64. The second kappa shape index (κ2) is 7.21. The van der Waals surface area contributed by atoms with Crippen LogP contribution >= 0.6 is 0 Å². The summed E-state index contributed by atoms with van der Waals surface area (Å²) in [7, 11) is 0. The van der Waals surface area contributed by atoms with E-state index in [2.05, 4.69) is 29.6 Å². The van der Waals surface area contributed by atoms with E-state index in [0.29, 0.717) is 5.92 Å². The van der Waals surface area contributed by atoms with Gasteiger partial charge in [-0.05, 0) is 31.2 Å². The van der Waals surface area contributed by atoms with E-state index in [9.17, 15) is 10.2 Å². The van der Waals surface area contributed by atoms with Crippen LogP contribution in [0.5, 0.6) is 0 Å². The molecule has 3 heteroatoms. The summed E-state index contributed by atoms with van der Waals surface area (Å²) in [6.07, 6.45) is 6.34. The third-order valence-corrected chi connectivity index (χ3v) is 4.48. The molecule has 1 fully saturated rings. The fourth-order valence-corrected chi connectivity index (χ4v) is 3.12. The third-order valence-electron chi connectivity index (χ3n) is 4.48. The fraction of sp³-hybridized carbons (Fsp3) is 0.647. The molecule has 0 bridgehead atoms. The van der Waals surface area contributed by atoms with Crippen LogP contribution in [0.3, 0.4) is 0 Å². The van der Waals surface area contributed by atoms with Gasteiger partial charge in [0.15, 0.2) is 0 Å². The zero-order chi connectivity index (χ0) is 14.4. The maximum atomic E-state index is 9.56. The lowest BCUT2D eigenvalue weighted by Gasteiger charge is -2.38. The van der Waals surface area contributed by atoms with Crippen molar-refractivity contribution >= 4 is 0 Å². The standard InChI is InChI=1S/C17H27NO2/c1-17(12-19,13-20)18-16(14-8-4-2-5-9-14)15-10-6-3-7-11-15/h2,4-5,8-9,15-16,18-20H,3,6-7,10-13H2,1H3. The Hall–Kier alpha value is -0.900. The van der Waals surface area contributed by atoms with Crippen molar-refractivity contribution in [3.63, 3.8) is 0 Å². The third kappa shape index (κ3) is 3.81. The van der Waals surface area contributed by atoms with Crippen LogP contribution in [0.15, 0.2) is 30.3 Å². The van der Waals surface area contributed by atoms with Crippen molar-refractivity contribution in [1.82, 2.24) is 5.32 Å². The Bertz CT molecular complexity index is 383. The summed E-state index contributed by atoms with van der Waals surface area (Å²) < 4.78 is 0. The first kappa shape index (κ1) is 15.5. The van der Waals surface area contributed by atoms with Crippen molar-refractivity contribution in [1.29, 1.82) is 0 Å². The van der Waals surface area contributed by atoms with Crippen LogP contribution in [0.1, 0.15) is 50.6 Å². The Morgan fingerprint density at radius 3 is 2.25 bits per heavy atom. The highest BCUT2D eigenvalue weighted by Crippen LogP contribution is 2.35. The van der Waals surface area contributed by atoms with Crippen LogP contribution in [-0.2, 0) is 0 Å². The molecule has 0 aliphatic heterocycles. The SMILES string of the molecule is CC(CO)(CO)NC(c1ccccc1)C1CCCCC1. The maximum absolute atomic E-state index is 9.56. The minimum atomic E-state index is -0.627. The van der Waals surface area contributed by atoms with E-state index >= 15 is 0 Å². The van der Waals surface area contributed by atoms with E-state index in [4.69, 9.17) is 0 Å². The van der Waals surface area contributed by atoms with E-state index in [1.165, 1.54) is 37.7 Å². The molecule has 1 aliphatic rings. The molecule has 3 N–H and O–H groups in total. The average Bonchev–Trinajstić information content (AvgIpc) is 2.54. The molecule has 1 saturated carbocycles. The molecule has 1 aromatic rings. The van der Waals surface area contributed by atoms with Gasteiger partial charge in [0.05, 0.1) is 18.8 Å². The second-order valence-electron chi connectivity index (χ2n) is 6.31. The van der Waals surface area contributed by atoms with Gasteiger partial charge in [0.2, 0.25) is 0 Å². The first-order chi connectivity index (χ1) is 9.68. The lowest BCUT2D eigenvalue weighted by molar-refractivity contribution is 0.0804. The molecule has 0 amide bonds. The zero-order valence-electron chi connectivity index (χ0n) is 12.4. The van der Waals surface area contributed by atoms with Crippen molar-refractivity contribution in [3.05, 3.63) is 35.9 Å². The molecule has 0 heterocycles. The van der Waals surface area contributed by atoms with Gasteiger partial charge in [-0.3, -0.25) is 0 Å². The van der Waals surface area contributed by atoms with Crippen LogP contribution in [0, 0.1) is 5.92 Å². The van der Waals surface area contributed by atoms with Crippen molar-refractivity contribution in [2.45, 2.75) is 50.6 Å². The molecule has 1 unspecified atom stereocenters. The van der Waals surface area contributed by atoms with Gasteiger partial charge in [-0.2, -0.15) is 0 Å². The Balaban J connectivity index is 2.19. The number of benzene rings is 1. The number of aliphatic hydroxyl groups excluding tert-OH is 2. The molecule has 1 aromatic carbocycles. The zero-order valence-corrected chi connectivity index (χ0v) is 12.4. The Morgan fingerprint density at radius 2 is 1.70 bits per heavy atom. The van der Waals surface area contributed by atoms with Crippen molar-refractivity contribution in [2.75, 3.05) is 13.2 Å². The van der Waals surface area contributed by atoms with E-state index in [0.717, 1.165) is 0 Å². The number of nitrogens with one attached hydrogen (secondary N) is 1. The minimum absolute atomic E-state index is 0.0560. The monoisotopic (exact) mass is 277 g/mol. The molecule has 20 heavy (non-hydrogen) atoms. The highest BCUT2D eigenvalue weighted by molar-refractivity contribution is 5.20. The van der Waals surface area contributed by atoms with Crippen molar-refractivity contribution in [3.8, 4) is 0 Å². The normalized spacial score (nSPS) is 18.9. The Kier molecular flexibility index (Phi) is 5.58. The molecule has 1 aliphatic carbocycles. The van der Waals surface area contributed by atoms with Gasteiger partial charge in [0.1, 0.15) is 0 Å². The van der Waals surface area contributed by atoms with E-state index in [1.807, 2.05) is 13.0 Å². The van der Waals surface area contributed by atoms with Gasteiger partial charge >= 0.3 is 0 Å². The van der Waals surface area contributed by atoms with Gasteiger partial charge in [-0.1, -0.05) is 49.6 Å². The Morgan fingerprint density at radius 1 is 1.10 bits per heavy atom. The van der Waals surface area contributed by atoms with Crippen LogP contribution in [-0.4, -0.2) is 29.0 Å². The van der Waals surface area contributed by atoms with Gasteiger partial charge in [-0.25, -0.2) is 0 Å². The Labute approximate surface area is 122 Å². The number of rotatable bonds is 6. The average molecular weight is 277 g/mol. The molecular formula is C17H27NO2. The quantitative estimate of drug-likeness (QED) is 0.749. The molecule has 0 radical (unpaired) electrons. The van der Waals surface area contributed by atoms with E-state index < -0.39 is 5.54 Å². The number of aliphatic hydroxyl groups is 2. The van der Waals surface area contributed by atoms with Crippen LogP contribution in [0.2, 0.25) is 0 Å². The first-order valence-corrected chi connectivity index (χ1v) is 7.73. The van der Waals surface area contributed by atoms with Crippen LogP contribution < -0.4 is 5.32 Å². The van der Waals surface area contributed by atoms with E-state index in [-0.39, 0.29) is 19.3 Å². The highest BCUT2D eigenvalue weighted by Gasteiger charge is 2.31. The van der Waals surface area contributed by atoms with Crippen LogP contribution in [0.25, 0.3) is 0 Å². The highest BCUT2D eigenvalue weighted by atomic mass is 16.3. The molecule has 0 aromatic heterocycles. The first-order valence-electron chi connectivity index (χ1n) is 7.73. The lowest BCUT2D eigenvalue weighted by atomic mass is 9.80. The summed E-state index contributed by atoms with van der Waals surface area (Å²) >= 11 is 0. The fourth-order valence-electron chi connectivity index (χ4n) is 3.12. The minimum Gasteiger partial charge on any atom is -0.394 e. The molecule has 0 saturated heterocycles. The molecular weight excluding hydrogens is 250 g/mol. The van der Waals surface area contributed by atoms with E-state index in [1.54, 1.807) is 0 Å². The largest absolute Gasteiger partial charge is 0.394 e. The molecule has 2 rings (SSSR count). The molecule has 112 valence electrons. The maximum Gasteiger partial charge on any atom is 0.0633 e. The summed E-state index contributed by atoms with van der Waals surface area (Å²) in [4.78, 5) is 0. The summed E-state index contributed by atoms with van der Waals surface area (Å²) in [5.41, 5.74) is 0.630. The lowest BCUT2D eigenvalue weighted by Crippen LogP contribution is -2.52. The molecule has 0 spiro atoms. The van der Waals surface area contributed by atoms with Crippen molar-refractivity contribution in [2.24, 2.45) is 5.92 Å². The smallest absolute Gasteiger partial charge is 0.0633 e. The van der Waals surface area contributed by atoms with Crippen LogP contribution in [0.4, 0.5) is 0 Å². The van der Waals surface area contributed by atoms with Gasteiger partial charge in [0, 0.05) is 6.04 Å². The number of hydrogen-bond donors (Lipinski definition) is 3. The summed E-state index contributed by atoms with van der Waals surface area (Å²) in [5.74, 6) is 0.587. The summed E-state index contributed by atoms with van der Waals surface area (Å²) in [6, 6.07) is 10.6. The number of hydrogen-bond acceptors (Lipinski definition) is 3. The van der Waals surface area contributed by atoms with Crippen molar-refractivity contribution < 1.29 is 10.2 Å². The van der Waals surface area contributed by atoms with Gasteiger partial charge in [0.25, 0.3) is 0 Å². The molecule has 1 atom stereocenters. The second-order valence-corrected chi connectivity index (χ2v) is 6.31. The van der Waals surface area contributed by atoms with Gasteiger partial charge < -0.3 is 15.5 Å². The summed E-state index contributed by atoms with van der Waals surface area (Å²) in [6.45, 7) is 1.77. The summed E-state index contributed by atoms with van der Waals surface area (Å²) in [5, 5.41) is 22.6. The molecule has 3 nitrogen and oxygen atoms in total. The predicted molar refractivity (Wildman–Crippen MR) is 81.5 cm³/mol.